The second-order valence-corrected chi connectivity index (χ2v) is 6.01. The van der Waals surface area contributed by atoms with Gasteiger partial charge in [0.05, 0.1) is 5.39 Å². The minimum atomic E-state index is -1.04. The number of benzene rings is 1. The number of hydrogen-bond acceptors (Lipinski definition) is 6. The number of aromatic nitrogens is 2. The van der Waals surface area contributed by atoms with E-state index in [0.29, 0.717) is 20.9 Å². The second-order valence-electron chi connectivity index (χ2n) is 4.61. The molecule has 0 unspecified atom stereocenters. The molecule has 0 saturated carbocycles. The van der Waals surface area contributed by atoms with E-state index in [1.165, 1.54) is 4.90 Å². The molecule has 2 heterocycles. The molecule has 2 aromatic heterocycles. The van der Waals surface area contributed by atoms with Crippen molar-refractivity contribution in [1.82, 2.24) is 9.97 Å². The minimum Gasteiger partial charge on any atom is -0.480 e. The van der Waals surface area contributed by atoms with Crippen LogP contribution in [0.15, 0.2) is 47.4 Å². The molecule has 3 rings (SSSR count). The summed E-state index contributed by atoms with van der Waals surface area (Å²) in [6.07, 6.45) is 1.58. The lowest BCUT2D eigenvalue weighted by atomic mass is 10.3. The van der Waals surface area contributed by atoms with E-state index < -0.39 is 11.5 Å². The van der Waals surface area contributed by atoms with Gasteiger partial charge >= 0.3 is 5.97 Å². The third-order valence-electron chi connectivity index (χ3n) is 3.05. The Bertz CT molecular complexity index is 927. The highest BCUT2D eigenvalue weighted by molar-refractivity contribution is 7.21. The molecule has 0 radical (unpaired) electrons. The SMILES string of the molecule is O=C(O)CN(c1ccc(Cl)cc1)c1nc(=O)c2cccnc2s1. The molecule has 116 valence electrons. The number of anilines is 2. The van der Waals surface area contributed by atoms with Crippen LogP contribution in [0.5, 0.6) is 0 Å². The molecule has 0 aliphatic heterocycles. The fourth-order valence-electron chi connectivity index (χ4n) is 2.03. The van der Waals surface area contributed by atoms with Crippen molar-refractivity contribution in [2.45, 2.75) is 0 Å². The van der Waals surface area contributed by atoms with Crippen LogP contribution < -0.4 is 10.5 Å². The van der Waals surface area contributed by atoms with Crippen molar-refractivity contribution >= 4 is 49.9 Å². The highest BCUT2D eigenvalue weighted by atomic mass is 35.5. The Morgan fingerprint density at radius 1 is 1.26 bits per heavy atom. The van der Waals surface area contributed by atoms with Crippen molar-refractivity contribution in [2.24, 2.45) is 0 Å². The predicted molar refractivity (Wildman–Crippen MR) is 89.8 cm³/mol. The van der Waals surface area contributed by atoms with E-state index in [9.17, 15) is 9.59 Å². The Hall–Kier alpha value is -2.51. The highest BCUT2D eigenvalue weighted by Crippen LogP contribution is 2.29. The second kappa shape index (κ2) is 6.31. The molecule has 0 spiro atoms. The van der Waals surface area contributed by atoms with Gasteiger partial charge in [-0.25, -0.2) is 4.98 Å². The van der Waals surface area contributed by atoms with Crippen molar-refractivity contribution in [3.63, 3.8) is 0 Å². The molecule has 1 aromatic carbocycles. The number of rotatable bonds is 4. The van der Waals surface area contributed by atoms with E-state index in [4.69, 9.17) is 16.7 Å². The zero-order valence-corrected chi connectivity index (χ0v) is 13.2. The number of aliphatic carboxylic acids is 1. The topological polar surface area (TPSA) is 83.4 Å². The standard InChI is InChI=1S/C15H10ClN3O3S/c16-9-3-5-10(6-4-9)19(8-12(20)21)15-18-13(22)11-2-1-7-17-14(11)23-15/h1-7H,8H2,(H,20,21). The van der Waals surface area contributed by atoms with Gasteiger partial charge in [-0.2, -0.15) is 4.98 Å². The monoisotopic (exact) mass is 347 g/mol. The molecule has 1 N–H and O–H groups in total. The number of nitrogens with zero attached hydrogens (tertiary/aromatic N) is 3. The van der Waals surface area contributed by atoms with Gasteiger partial charge in [0.25, 0.3) is 5.56 Å². The summed E-state index contributed by atoms with van der Waals surface area (Å²) in [6.45, 7) is -0.330. The number of carboxylic acids is 1. The maximum Gasteiger partial charge on any atom is 0.323 e. The third kappa shape index (κ3) is 3.30. The van der Waals surface area contributed by atoms with E-state index in [-0.39, 0.29) is 11.7 Å². The summed E-state index contributed by atoms with van der Waals surface area (Å²) >= 11 is 7.02. The molecular formula is C15H10ClN3O3S. The van der Waals surface area contributed by atoms with Gasteiger partial charge in [-0.1, -0.05) is 22.9 Å². The van der Waals surface area contributed by atoms with Crippen molar-refractivity contribution in [2.75, 3.05) is 11.4 Å². The van der Waals surface area contributed by atoms with E-state index in [1.807, 2.05) is 0 Å². The predicted octanol–water partition coefficient (Wildman–Crippen LogP) is 2.93. The summed E-state index contributed by atoms with van der Waals surface area (Å²) in [4.78, 5) is 33.4. The first-order valence-electron chi connectivity index (χ1n) is 6.55. The summed E-state index contributed by atoms with van der Waals surface area (Å²) < 4.78 is 0. The van der Waals surface area contributed by atoms with Gasteiger partial charge in [0.15, 0.2) is 5.13 Å². The molecule has 6 nitrogen and oxygen atoms in total. The van der Waals surface area contributed by atoms with Crippen molar-refractivity contribution in [3.05, 3.63) is 58.0 Å². The van der Waals surface area contributed by atoms with Crippen LogP contribution >= 0.6 is 22.9 Å². The first-order valence-corrected chi connectivity index (χ1v) is 7.75. The lowest BCUT2D eigenvalue weighted by Gasteiger charge is -2.20. The summed E-state index contributed by atoms with van der Waals surface area (Å²) in [7, 11) is 0. The van der Waals surface area contributed by atoms with Gasteiger partial charge in [0.2, 0.25) is 0 Å². The van der Waals surface area contributed by atoms with Gasteiger partial charge in [-0.05, 0) is 36.4 Å². The molecule has 0 aliphatic carbocycles. The Labute approximate surface area is 139 Å². The normalized spacial score (nSPS) is 10.7. The third-order valence-corrected chi connectivity index (χ3v) is 4.31. The number of carbonyl (C=O) groups is 1. The van der Waals surface area contributed by atoms with Gasteiger partial charge in [-0.3, -0.25) is 9.59 Å². The van der Waals surface area contributed by atoms with Crippen LogP contribution in [0.25, 0.3) is 10.2 Å². The van der Waals surface area contributed by atoms with Crippen molar-refractivity contribution in [1.29, 1.82) is 0 Å². The largest absolute Gasteiger partial charge is 0.480 e. The number of fused-ring (bicyclic) bond motifs is 1. The minimum absolute atomic E-state index is 0.269. The van der Waals surface area contributed by atoms with Crippen LogP contribution in [0.2, 0.25) is 5.02 Å². The number of hydrogen-bond donors (Lipinski definition) is 1. The molecule has 0 aliphatic rings. The number of halogens is 1. The van der Waals surface area contributed by atoms with Gasteiger partial charge in [0.1, 0.15) is 11.4 Å². The lowest BCUT2D eigenvalue weighted by molar-refractivity contribution is -0.135. The van der Waals surface area contributed by atoms with Crippen LogP contribution in [0.4, 0.5) is 10.8 Å². The quantitative estimate of drug-likeness (QED) is 0.781. The van der Waals surface area contributed by atoms with Gasteiger partial charge in [-0.15, -0.1) is 0 Å². The summed E-state index contributed by atoms with van der Waals surface area (Å²) in [6, 6.07) is 9.94. The van der Waals surface area contributed by atoms with Crippen LogP contribution in [-0.2, 0) is 4.79 Å². The van der Waals surface area contributed by atoms with Gasteiger partial charge in [0, 0.05) is 16.9 Å². The van der Waals surface area contributed by atoms with Crippen LogP contribution in [0.1, 0.15) is 0 Å². The molecular weight excluding hydrogens is 338 g/mol. The smallest absolute Gasteiger partial charge is 0.323 e. The van der Waals surface area contributed by atoms with Crippen LogP contribution in [0.3, 0.4) is 0 Å². The fraction of sp³-hybridized carbons (Fsp3) is 0.0667. The average Bonchev–Trinajstić information content (AvgIpc) is 2.53. The summed E-state index contributed by atoms with van der Waals surface area (Å²) in [5.41, 5.74) is 0.140. The fourth-order valence-corrected chi connectivity index (χ4v) is 3.12. The Morgan fingerprint density at radius 3 is 2.70 bits per heavy atom. The summed E-state index contributed by atoms with van der Waals surface area (Å²) in [5, 5.41) is 10.4. The number of pyridine rings is 1. The Balaban J connectivity index is 2.14. The zero-order valence-electron chi connectivity index (χ0n) is 11.6. The molecule has 0 fully saturated rings. The highest BCUT2D eigenvalue weighted by Gasteiger charge is 2.17. The van der Waals surface area contributed by atoms with E-state index in [1.54, 1.807) is 42.6 Å². The lowest BCUT2D eigenvalue weighted by Crippen LogP contribution is -2.26. The van der Waals surface area contributed by atoms with Crippen molar-refractivity contribution < 1.29 is 9.90 Å². The Kier molecular flexibility index (Phi) is 4.22. The zero-order chi connectivity index (χ0) is 16.4. The maximum absolute atomic E-state index is 12.1. The first-order chi connectivity index (χ1) is 11.0. The maximum atomic E-state index is 12.1. The Morgan fingerprint density at radius 2 is 2.00 bits per heavy atom. The van der Waals surface area contributed by atoms with Crippen LogP contribution in [-0.4, -0.2) is 27.6 Å². The molecule has 0 amide bonds. The molecule has 8 heteroatoms. The summed E-state index contributed by atoms with van der Waals surface area (Å²) in [5.74, 6) is -1.04. The number of carboxylic acid groups (broad SMARTS) is 1. The molecule has 0 saturated heterocycles. The van der Waals surface area contributed by atoms with Crippen molar-refractivity contribution in [3.8, 4) is 0 Å². The van der Waals surface area contributed by atoms with E-state index in [2.05, 4.69) is 9.97 Å². The molecule has 23 heavy (non-hydrogen) atoms. The average molecular weight is 348 g/mol. The van der Waals surface area contributed by atoms with Crippen LogP contribution in [0, 0.1) is 0 Å². The van der Waals surface area contributed by atoms with E-state index >= 15 is 0 Å². The molecule has 3 aromatic rings. The molecule has 0 atom stereocenters. The molecule has 0 bridgehead atoms. The first kappa shape index (κ1) is 15.4. The van der Waals surface area contributed by atoms with E-state index in [0.717, 1.165) is 11.3 Å². The van der Waals surface area contributed by atoms with Gasteiger partial charge < -0.3 is 10.0 Å².